The van der Waals surface area contributed by atoms with E-state index in [4.69, 9.17) is 16.3 Å². The van der Waals surface area contributed by atoms with Gasteiger partial charge in [0.25, 0.3) is 11.5 Å². The lowest BCUT2D eigenvalue weighted by Gasteiger charge is -2.15. The van der Waals surface area contributed by atoms with Crippen LogP contribution in [0.4, 0.5) is 15.8 Å². The summed E-state index contributed by atoms with van der Waals surface area (Å²) in [6.07, 6.45) is 1.37. The second-order valence-electron chi connectivity index (χ2n) is 8.90. The van der Waals surface area contributed by atoms with Crippen LogP contribution >= 0.6 is 11.6 Å². The van der Waals surface area contributed by atoms with Crippen molar-refractivity contribution in [1.29, 1.82) is 0 Å². The maximum Gasteiger partial charge on any atom is 0.299 e. The SMILES string of the molecule is Cc1cc(Oc2cnn(-c3cccc(F)c3)c(=O)c2Nc2cccc(C(=O)NCC(C)C)c2)ccc1Cl. The van der Waals surface area contributed by atoms with Crippen molar-refractivity contribution < 1.29 is 13.9 Å². The average Bonchev–Trinajstić information content (AvgIpc) is 2.87. The molecule has 37 heavy (non-hydrogen) atoms. The lowest BCUT2D eigenvalue weighted by atomic mass is 10.1. The van der Waals surface area contributed by atoms with E-state index in [-0.39, 0.29) is 23.0 Å². The lowest BCUT2D eigenvalue weighted by molar-refractivity contribution is 0.0949. The van der Waals surface area contributed by atoms with Gasteiger partial charge in [-0.2, -0.15) is 9.78 Å². The number of carbonyl (C=O) groups excluding carboxylic acids is 1. The predicted octanol–water partition coefficient (Wildman–Crippen LogP) is 6.26. The molecule has 4 rings (SSSR count). The van der Waals surface area contributed by atoms with Gasteiger partial charge in [0.1, 0.15) is 11.6 Å². The highest BCUT2D eigenvalue weighted by atomic mass is 35.5. The van der Waals surface area contributed by atoms with Crippen LogP contribution in [0.5, 0.6) is 11.5 Å². The fourth-order valence-corrected chi connectivity index (χ4v) is 3.63. The zero-order valence-corrected chi connectivity index (χ0v) is 21.3. The molecule has 0 spiro atoms. The molecule has 1 heterocycles. The maximum absolute atomic E-state index is 13.9. The molecule has 0 radical (unpaired) electrons. The van der Waals surface area contributed by atoms with E-state index < -0.39 is 11.4 Å². The van der Waals surface area contributed by atoms with Crippen molar-refractivity contribution in [3.05, 3.63) is 105 Å². The summed E-state index contributed by atoms with van der Waals surface area (Å²) >= 11 is 6.13. The number of amides is 1. The van der Waals surface area contributed by atoms with Gasteiger partial charge in [-0.25, -0.2) is 4.39 Å². The molecule has 0 atom stereocenters. The summed E-state index contributed by atoms with van der Waals surface area (Å²) in [6, 6.07) is 17.4. The normalized spacial score (nSPS) is 10.9. The quantitative estimate of drug-likeness (QED) is 0.286. The van der Waals surface area contributed by atoms with Crippen LogP contribution in [-0.4, -0.2) is 22.2 Å². The molecule has 0 aliphatic carbocycles. The Hall–Kier alpha value is -4.17. The number of hydrogen-bond acceptors (Lipinski definition) is 5. The smallest absolute Gasteiger partial charge is 0.299 e. The van der Waals surface area contributed by atoms with E-state index in [0.29, 0.717) is 34.5 Å². The fourth-order valence-electron chi connectivity index (χ4n) is 3.51. The number of nitrogens with one attached hydrogen (secondary N) is 2. The molecule has 0 saturated carbocycles. The molecule has 7 nitrogen and oxygen atoms in total. The Bertz CT molecular complexity index is 1500. The van der Waals surface area contributed by atoms with E-state index >= 15 is 0 Å². The molecule has 0 saturated heterocycles. The molecule has 3 aromatic carbocycles. The highest BCUT2D eigenvalue weighted by Crippen LogP contribution is 2.31. The summed E-state index contributed by atoms with van der Waals surface area (Å²) in [5.74, 6) is 0.181. The van der Waals surface area contributed by atoms with Gasteiger partial charge in [-0.15, -0.1) is 0 Å². The number of anilines is 2. The number of ether oxygens (including phenoxy) is 1. The number of carbonyl (C=O) groups is 1. The summed E-state index contributed by atoms with van der Waals surface area (Å²) in [4.78, 5) is 26.1. The van der Waals surface area contributed by atoms with Crippen LogP contribution in [0.25, 0.3) is 5.69 Å². The number of halogens is 2. The molecular weight excluding hydrogens is 495 g/mol. The number of rotatable bonds is 8. The van der Waals surface area contributed by atoms with Gasteiger partial charge < -0.3 is 15.4 Å². The molecule has 190 valence electrons. The van der Waals surface area contributed by atoms with Gasteiger partial charge in [0.15, 0.2) is 11.4 Å². The van der Waals surface area contributed by atoms with Crippen molar-refractivity contribution in [1.82, 2.24) is 15.1 Å². The van der Waals surface area contributed by atoms with E-state index in [2.05, 4.69) is 15.7 Å². The van der Waals surface area contributed by atoms with Gasteiger partial charge in [-0.3, -0.25) is 9.59 Å². The summed E-state index contributed by atoms with van der Waals surface area (Å²) in [6.45, 7) is 6.39. The van der Waals surface area contributed by atoms with Crippen molar-refractivity contribution >= 4 is 28.9 Å². The molecule has 0 aliphatic rings. The first-order chi connectivity index (χ1) is 17.7. The number of hydrogen-bond donors (Lipinski definition) is 2. The summed E-state index contributed by atoms with van der Waals surface area (Å²) < 4.78 is 20.9. The highest BCUT2D eigenvalue weighted by molar-refractivity contribution is 6.31. The van der Waals surface area contributed by atoms with Crippen LogP contribution < -0.4 is 20.9 Å². The average molecular weight is 521 g/mol. The molecule has 0 unspecified atom stereocenters. The Balaban J connectivity index is 1.74. The zero-order chi connectivity index (χ0) is 26.5. The lowest BCUT2D eigenvalue weighted by Crippen LogP contribution is -2.27. The number of nitrogens with zero attached hydrogens (tertiary/aromatic N) is 2. The van der Waals surface area contributed by atoms with E-state index in [9.17, 15) is 14.0 Å². The maximum atomic E-state index is 13.9. The van der Waals surface area contributed by atoms with Gasteiger partial charge in [-0.05, 0) is 73.0 Å². The Kier molecular flexibility index (Phi) is 7.89. The second kappa shape index (κ2) is 11.3. The minimum absolute atomic E-state index is 0.0617. The second-order valence-corrected chi connectivity index (χ2v) is 9.31. The van der Waals surface area contributed by atoms with Gasteiger partial charge in [0.05, 0.1) is 11.9 Å². The molecule has 4 aromatic rings. The first-order valence-corrected chi connectivity index (χ1v) is 12.1. The highest BCUT2D eigenvalue weighted by Gasteiger charge is 2.17. The van der Waals surface area contributed by atoms with Crippen molar-refractivity contribution in [2.24, 2.45) is 5.92 Å². The molecule has 1 amide bonds. The van der Waals surface area contributed by atoms with Crippen LogP contribution in [0.3, 0.4) is 0 Å². The molecule has 0 aliphatic heterocycles. The van der Waals surface area contributed by atoms with Crippen LogP contribution in [0.2, 0.25) is 5.02 Å². The minimum atomic E-state index is -0.566. The standard InChI is InChI=1S/C28H26ClFN4O3/c1-17(2)15-31-27(35)19-6-4-8-21(13-19)33-26-25(37-23-10-11-24(29)18(3)12-23)16-32-34(28(26)36)22-9-5-7-20(30)14-22/h4-14,16-17,33H,15H2,1-3H3,(H,31,35). The predicted molar refractivity (Wildman–Crippen MR) is 143 cm³/mol. The first kappa shape index (κ1) is 25.9. The van der Waals surface area contributed by atoms with E-state index in [1.807, 2.05) is 20.8 Å². The third kappa shape index (κ3) is 6.34. The molecular formula is C28H26ClFN4O3. The summed E-state index contributed by atoms with van der Waals surface area (Å²) in [5.41, 5.74) is 1.47. The third-order valence-electron chi connectivity index (χ3n) is 5.42. The Labute approximate surface area is 218 Å². The van der Waals surface area contributed by atoms with Crippen LogP contribution in [0.15, 0.2) is 77.7 Å². The molecule has 9 heteroatoms. The van der Waals surface area contributed by atoms with Crippen molar-refractivity contribution in [2.45, 2.75) is 20.8 Å². The first-order valence-electron chi connectivity index (χ1n) is 11.7. The largest absolute Gasteiger partial charge is 0.453 e. The molecule has 0 bridgehead atoms. The minimum Gasteiger partial charge on any atom is -0.453 e. The fraction of sp³-hybridized carbons (Fsp3) is 0.179. The van der Waals surface area contributed by atoms with Crippen LogP contribution in [0.1, 0.15) is 29.8 Å². The third-order valence-corrected chi connectivity index (χ3v) is 5.84. The van der Waals surface area contributed by atoms with Gasteiger partial charge in [-0.1, -0.05) is 37.6 Å². The van der Waals surface area contributed by atoms with Crippen LogP contribution in [-0.2, 0) is 0 Å². The summed E-state index contributed by atoms with van der Waals surface area (Å²) in [5, 5.41) is 10.7. The Morgan fingerprint density at radius 2 is 1.89 bits per heavy atom. The van der Waals surface area contributed by atoms with E-state index in [1.165, 1.54) is 24.4 Å². The summed E-state index contributed by atoms with van der Waals surface area (Å²) in [7, 11) is 0. The van der Waals surface area contributed by atoms with Crippen molar-refractivity contribution in [3.8, 4) is 17.2 Å². The topological polar surface area (TPSA) is 85.2 Å². The monoisotopic (exact) mass is 520 g/mol. The number of aromatic nitrogens is 2. The number of aryl methyl sites for hydroxylation is 1. The molecule has 1 aromatic heterocycles. The van der Waals surface area contributed by atoms with Crippen molar-refractivity contribution in [3.63, 3.8) is 0 Å². The van der Waals surface area contributed by atoms with Crippen molar-refractivity contribution in [2.75, 3.05) is 11.9 Å². The van der Waals surface area contributed by atoms with E-state index in [0.717, 1.165) is 10.2 Å². The Morgan fingerprint density at radius 3 is 2.62 bits per heavy atom. The Morgan fingerprint density at radius 1 is 1.11 bits per heavy atom. The zero-order valence-electron chi connectivity index (χ0n) is 20.6. The van der Waals surface area contributed by atoms with Gasteiger partial charge >= 0.3 is 0 Å². The number of benzene rings is 3. The molecule has 2 N–H and O–H groups in total. The van der Waals surface area contributed by atoms with Gasteiger partial charge in [0, 0.05) is 22.8 Å². The molecule has 0 fully saturated rings. The van der Waals surface area contributed by atoms with Crippen LogP contribution in [0, 0.1) is 18.7 Å². The van der Waals surface area contributed by atoms with Gasteiger partial charge in [0.2, 0.25) is 0 Å². The van der Waals surface area contributed by atoms with E-state index in [1.54, 1.807) is 48.5 Å².